The van der Waals surface area contributed by atoms with Crippen molar-refractivity contribution in [1.29, 1.82) is 0 Å². The molecule has 0 radical (unpaired) electrons. The monoisotopic (exact) mass is 437 g/mol. The molecule has 27 heavy (non-hydrogen) atoms. The SMILES string of the molecule is COc1cc2c(cc1OC)[C@H](C(=O)O)[C@H](c1cc(Br)ccc1F)N(C)C2=O. The van der Waals surface area contributed by atoms with Crippen molar-refractivity contribution in [3.63, 3.8) is 0 Å². The molecule has 0 fully saturated rings. The van der Waals surface area contributed by atoms with Crippen LogP contribution >= 0.6 is 15.9 Å². The van der Waals surface area contributed by atoms with Crippen LogP contribution in [0.1, 0.15) is 33.4 Å². The van der Waals surface area contributed by atoms with Crippen molar-refractivity contribution in [2.75, 3.05) is 21.3 Å². The number of carbonyl (C=O) groups excluding carboxylic acids is 1. The van der Waals surface area contributed by atoms with E-state index in [0.29, 0.717) is 16.0 Å². The van der Waals surface area contributed by atoms with Crippen LogP contribution in [0.5, 0.6) is 11.5 Å². The van der Waals surface area contributed by atoms with Crippen molar-refractivity contribution in [3.05, 3.63) is 57.3 Å². The molecule has 2 atom stereocenters. The Morgan fingerprint density at radius 3 is 2.37 bits per heavy atom. The summed E-state index contributed by atoms with van der Waals surface area (Å²) in [6, 6.07) is 6.16. The van der Waals surface area contributed by atoms with Gasteiger partial charge in [0, 0.05) is 22.6 Å². The lowest BCUT2D eigenvalue weighted by Crippen LogP contribution is -2.43. The smallest absolute Gasteiger partial charge is 0.313 e. The lowest BCUT2D eigenvalue weighted by atomic mass is 9.79. The van der Waals surface area contributed by atoms with Crippen molar-refractivity contribution in [1.82, 2.24) is 4.90 Å². The molecule has 0 spiro atoms. The summed E-state index contributed by atoms with van der Waals surface area (Å²) in [4.78, 5) is 26.3. The van der Waals surface area contributed by atoms with E-state index in [1.807, 2.05) is 0 Å². The highest BCUT2D eigenvalue weighted by Gasteiger charge is 2.44. The average molecular weight is 438 g/mol. The van der Waals surface area contributed by atoms with E-state index < -0.39 is 29.7 Å². The zero-order valence-corrected chi connectivity index (χ0v) is 16.4. The fraction of sp³-hybridized carbons (Fsp3) is 0.263. The maximum Gasteiger partial charge on any atom is 0.313 e. The molecule has 0 unspecified atom stereocenters. The second-order valence-corrected chi connectivity index (χ2v) is 7.05. The number of hydrogen-bond donors (Lipinski definition) is 1. The van der Waals surface area contributed by atoms with Gasteiger partial charge in [0.25, 0.3) is 5.91 Å². The molecule has 1 aliphatic rings. The minimum Gasteiger partial charge on any atom is -0.493 e. The molecule has 8 heteroatoms. The molecular formula is C19H17BrFNO5. The zero-order valence-electron chi connectivity index (χ0n) is 14.8. The Morgan fingerprint density at radius 1 is 1.15 bits per heavy atom. The second-order valence-electron chi connectivity index (χ2n) is 6.14. The summed E-state index contributed by atoms with van der Waals surface area (Å²) in [5.74, 6) is -2.74. The van der Waals surface area contributed by atoms with Crippen LogP contribution in [0.25, 0.3) is 0 Å². The Bertz CT molecular complexity index is 933. The lowest BCUT2D eigenvalue weighted by molar-refractivity contribution is -0.140. The summed E-state index contributed by atoms with van der Waals surface area (Å²) < 4.78 is 25.6. The lowest BCUT2D eigenvalue weighted by Gasteiger charge is -2.39. The van der Waals surface area contributed by atoms with Crippen molar-refractivity contribution in [3.8, 4) is 11.5 Å². The summed E-state index contributed by atoms with van der Waals surface area (Å²) in [6.07, 6.45) is 0. The van der Waals surface area contributed by atoms with Crippen molar-refractivity contribution >= 4 is 27.8 Å². The summed E-state index contributed by atoms with van der Waals surface area (Å²) in [7, 11) is 4.31. The molecule has 1 amide bonds. The number of benzene rings is 2. The maximum absolute atomic E-state index is 14.5. The standard InChI is InChI=1S/C19H17BrFNO5/c1-22-17(12-6-9(20)4-5-13(12)21)16(19(24)25)10-7-14(26-2)15(27-3)8-11(10)18(22)23/h4-8,16-17H,1-3H3,(H,24,25)/t16-,17-/m0/s1. The van der Waals surface area contributed by atoms with E-state index >= 15 is 0 Å². The van der Waals surface area contributed by atoms with Gasteiger partial charge in [0.15, 0.2) is 11.5 Å². The van der Waals surface area contributed by atoms with Crippen LogP contribution < -0.4 is 9.47 Å². The Hall–Kier alpha value is -2.61. The van der Waals surface area contributed by atoms with E-state index in [1.165, 1.54) is 56.5 Å². The molecule has 0 saturated carbocycles. The van der Waals surface area contributed by atoms with E-state index in [0.717, 1.165) is 0 Å². The summed E-state index contributed by atoms with van der Waals surface area (Å²) in [5, 5.41) is 9.93. The zero-order chi connectivity index (χ0) is 19.9. The quantitative estimate of drug-likeness (QED) is 0.790. The highest BCUT2D eigenvalue weighted by molar-refractivity contribution is 9.10. The number of fused-ring (bicyclic) bond motifs is 1. The highest BCUT2D eigenvalue weighted by atomic mass is 79.9. The van der Waals surface area contributed by atoms with E-state index in [-0.39, 0.29) is 16.7 Å². The minimum absolute atomic E-state index is 0.119. The normalized spacial score (nSPS) is 18.9. The third-order valence-electron chi connectivity index (χ3n) is 4.72. The molecule has 142 valence electrons. The number of aliphatic carboxylic acids is 1. The topological polar surface area (TPSA) is 76.1 Å². The van der Waals surface area contributed by atoms with Crippen LogP contribution in [-0.4, -0.2) is 43.2 Å². The predicted molar refractivity (Wildman–Crippen MR) is 98.9 cm³/mol. The first-order chi connectivity index (χ1) is 12.8. The minimum atomic E-state index is -1.17. The summed E-state index contributed by atoms with van der Waals surface area (Å²) >= 11 is 3.27. The molecule has 1 N–H and O–H groups in total. The number of likely N-dealkylation sites (N-methyl/N-ethyl adjacent to an activating group) is 1. The molecule has 1 heterocycles. The number of carboxylic acid groups (broad SMARTS) is 1. The Balaban J connectivity index is 2.28. The number of halogens is 2. The molecule has 0 bridgehead atoms. The van der Waals surface area contributed by atoms with E-state index in [2.05, 4.69) is 15.9 Å². The Labute approximate surface area is 163 Å². The van der Waals surface area contributed by atoms with Gasteiger partial charge < -0.3 is 19.5 Å². The predicted octanol–water partition coefficient (Wildman–Crippen LogP) is 3.60. The number of methoxy groups -OCH3 is 2. The van der Waals surface area contributed by atoms with Crippen LogP contribution in [0.3, 0.4) is 0 Å². The molecule has 1 aliphatic heterocycles. The first-order valence-electron chi connectivity index (χ1n) is 8.01. The Morgan fingerprint density at radius 2 is 1.78 bits per heavy atom. The second kappa shape index (κ2) is 7.19. The fourth-order valence-corrected chi connectivity index (χ4v) is 3.82. The number of rotatable bonds is 4. The number of ether oxygens (including phenoxy) is 2. The maximum atomic E-state index is 14.5. The van der Waals surface area contributed by atoms with Gasteiger partial charge in [0.05, 0.1) is 20.3 Å². The van der Waals surface area contributed by atoms with Gasteiger partial charge in [0.2, 0.25) is 0 Å². The van der Waals surface area contributed by atoms with Gasteiger partial charge in [-0.15, -0.1) is 0 Å². The Kier molecular flexibility index (Phi) is 5.10. The van der Waals surface area contributed by atoms with Crippen LogP contribution in [0.2, 0.25) is 0 Å². The molecule has 0 aliphatic carbocycles. The van der Waals surface area contributed by atoms with Crippen molar-refractivity contribution < 1.29 is 28.6 Å². The number of nitrogens with zero attached hydrogens (tertiary/aromatic N) is 1. The third kappa shape index (κ3) is 3.14. The summed E-state index contributed by atoms with van der Waals surface area (Å²) in [6.45, 7) is 0. The van der Waals surface area contributed by atoms with Gasteiger partial charge in [0.1, 0.15) is 11.7 Å². The molecule has 6 nitrogen and oxygen atoms in total. The van der Waals surface area contributed by atoms with Crippen molar-refractivity contribution in [2.24, 2.45) is 0 Å². The third-order valence-corrected chi connectivity index (χ3v) is 5.21. The van der Waals surface area contributed by atoms with Gasteiger partial charge in [-0.05, 0) is 35.9 Å². The molecular weight excluding hydrogens is 421 g/mol. The average Bonchev–Trinajstić information content (AvgIpc) is 2.65. The van der Waals surface area contributed by atoms with E-state index in [1.54, 1.807) is 0 Å². The van der Waals surface area contributed by atoms with E-state index in [9.17, 15) is 19.1 Å². The molecule has 2 aromatic rings. The van der Waals surface area contributed by atoms with Gasteiger partial charge in [-0.2, -0.15) is 0 Å². The largest absolute Gasteiger partial charge is 0.493 e. The number of amides is 1. The highest BCUT2D eigenvalue weighted by Crippen LogP contribution is 2.46. The molecule has 2 aromatic carbocycles. The van der Waals surface area contributed by atoms with E-state index in [4.69, 9.17) is 9.47 Å². The van der Waals surface area contributed by atoms with Crippen molar-refractivity contribution in [2.45, 2.75) is 12.0 Å². The number of carboxylic acids is 1. The van der Waals surface area contributed by atoms with Gasteiger partial charge in [-0.25, -0.2) is 4.39 Å². The summed E-state index contributed by atoms with van der Waals surface area (Å²) in [5.41, 5.74) is 0.565. The van der Waals surface area contributed by atoms with Crippen LogP contribution in [0.15, 0.2) is 34.8 Å². The van der Waals surface area contributed by atoms with Crippen LogP contribution in [0, 0.1) is 5.82 Å². The van der Waals surface area contributed by atoms with Gasteiger partial charge >= 0.3 is 5.97 Å². The van der Waals surface area contributed by atoms with Crippen LogP contribution in [0.4, 0.5) is 4.39 Å². The fourth-order valence-electron chi connectivity index (χ4n) is 3.44. The molecule has 3 rings (SSSR count). The first-order valence-corrected chi connectivity index (χ1v) is 8.80. The van der Waals surface area contributed by atoms with Crippen LogP contribution in [-0.2, 0) is 4.79 Å². The number of carbonyl (C=O) groups is 2. The van der Waals surface area contributed by atoms with Gasteiger partial charge in [-0.3, -0.25) is 9.59 Å². The van der Waals surface area contributed by atoms with Gasteiger partial charge in [-0.1, -0.05) is 15.9 Å². The first kappa shape index (κ1) is 19.2. The molecule has 0 saturated heterocycles. The number of hydrogen-bond acceptors (Lipinski definition) is 4. The molecule has 0 aromatic heterocycles.